The van der Waals surface area contributed by atoms with Crippen molar-refractivity contribution in [3.8, 4) is 0 Å². The van der Waals surface area contributed by atoms with E-state index < -0.39 is 29.1 Å². The highest BCUT2D eigenvalue weighted by atomic mass is 16.5. The molecular weight excluding hydrogens is 518 g/mol. The maximum atomic E-state index is 14.8. The Bertz CT molecular complexity index is 1180. The zero-order chi connectivity index (χ0) is 29.9. The van der Waals surface area contributed by atoms with E-state index in [0.717, 1.165) is 23.2 Å². The van der Waals surface area contributed by atoms with Gasteiger partial charge in [0, 0.05) is 38.5 Å². The van der Waals surface area contributed by atoms with Crippen LogP contribution in [0.25, 0.3) is 0 Å². The van der Waals surface area contributed by atoms with Crippen LogP contribution in [0.5, 0.6) is 0 Å². The minimum atomic E-state index is -1.09. The number of carbonyl (C=O) groups excluding carboxylic acids is 3. The van der Waals surface area contributed by atoms with Gasteiger partial charge in [-0.1, -0.05) is 38.1 Å². The number of unbranched alkanes of at least 4 members (excludes halogenated alkanes) is 1. The summed E-state index contributed by atoms with van der Waals surface area (Å²) < 4.78 is 6.96. The van der Waals surface area contributed by atoms with Gasteiger partial charge in [-0.25, -0.2) is 0 Å². The number of hydrogen-bond donors (Lipinski definition) is 1. The van der Waals surface area contributed by atoms with Crippen molar-refractivity contribution < 1.29 is 24.2 Å². The number of fused-ring (bicyclic) bond motifs is 1. The fraction of sp³-hybridized carbons (Fsp3) is 0.606. The number of likely N-dealkylation sites (tertiary alicyclic amines) is 1. The van der Waals surface area contributed by atoms with Crippen molar-refractivity contribution in [2.24, 2.45) is 11.8 Å². The molecule has 8 nitrogen and oxygen atoms in total. The topological polar surface area (TPSA) is 90.4 Å². The average molecular weight is 566 g/mol. The minimum absolute atomic E-state index is 0.00434. The smallest absolute Gasteiger partial charge is 0.253 e. The normalized spacial score (nSPS) is 28.1. The van der Waals surface area contributed by atoms with E-state index in [9.17, 15) is 19.5 Å². The van der Waals surface area contributed by atoms with Crippen LogP contribution in [-0.4, -0.2) is 82.7 Å². The highest BCUT2D eigenvalue weighted by molar-refractivity contribution is 6.05. The molecule has 5 atom stereocenters. The van der Waals surface area contributed by atoms with Gasteiger partial charge in [-0.15, -0.1) is 13.2 Å². The van der Waals surface area contributed by atoms with Crippen LogP contribution < -0.4 is 4.90 Å². The van der Waals surface area contributed by atoms with Gasteiger partial charge >= 0.3 is 0 Å². The molecule has 2 bridgehead atoms. The van der Waals surface area contributed by atoms with Crippen molar-refractivity contribution in [3.05, 3.63) is 54.6 Å². The number of carbonyl (C=O) groups is 3. The van der Waals surface area contributed by atoms with Crippen LogP contribution in [-0.2, 0) is 19.1 Å². The molecular formula is C33H47N3O5. The second kappa shape index (κ2) is 12.5. The quantitative estimate of drug-likeness (QED) is 0.270. The summed E-state index contributed by atoms with van der Waals surface area (Å²) in [6, 6.07) is 5.12. The maximum absolute atomic E-state index is 14.8. The van der Waals surface area contributed by atoms with E-state index >= 15 is 0 Å². The van der Waals surface area contributed by atoms with Gasteiger partial charge in [0.25, 0.3) is 5.91 Å². The molecule has 224 valence electrons. The van der Waals surface area contributed by atoms with E-state index in [0.29, 0.717) is 51.7 Å². The Morgan fingerprint density at radius 2 is 1.85 bits per heavy atom. The summed E-state index contributed by atoms with van der Waals surface area (Å²) in [6.07, 6.45) is 7.02. The third-order valence-electron chi connectivity index (χ3n) is 9.38. The maximum Gasteiger partial charge on any atom is 0.253 e. The number of aliphatic hydroxyl groups is 1. The number of amides is 3. The van der Waals surface area contributed by atoms with Crippen LogP contribution in [0, 0.1) is 25.7 Å². The second-order valence-corrected chi connectivity index (χ2v) is 11.9. The Hall–Kier alpha value is -2.97. The van der Waals surface area contributed by atoms with Crippen molar-refractivity contribution in [2.45, 2.75) is 83.5 Å². The van der Waals surface area contributed by atoms with Crippen molar-refractivity contribution in [2.75, 3.05) is 37.7 Å². The van der Waals surface area contributed by atoms with E-state index in [2.05, 4.69) is 13.2 Å². The number of aryl methyl sites for hydroxylation is 2. The summed E-state index contributed by atoms with van der Waals surface area (Å²) in [5, 5.41) is 9.48. The van der Waals surface area contributed by atoms with Gasteiger partial charge in [0.15, 0.2) is 0 Å². The van der Waals surface area contributed by atoms with Gasteiger partial charge in [-0.3, -0.25) is 14.4 Å². The van der Waals surface area contributed by atoms with Gasteiger partial charge in [-0.05, 0) is 69.6 Å². The van der Waals surface area contributed by atoms with Crippen molar-refractivity contribution in [1.82, 2.24) is 9.80 Å². The van der Waals surface area contributed by atoms with Crippen LogP contribution in [0.4, 0.5) is 5.69 Å². The first-order valence-corrected chi connectivity index (χ1v) is 15.2. The minimum Gasteiger partial charge on any atom is -0.396 e. The number of aliphatic hydroxyl groups excluding tert-OH is 1. The van der Waals surface area contributed by atoms with E-state index in [-0.39, 0.29) is 30.9 Å². The summed E-state index contributed by atoms with van der Waals surface area (Å²) in [5.74, 6) is -1.89. The fourth-order valence-electron chi connectivity index (χ4n) is 7.52. The molecule has 0 aliphatic carbocycles. The Kier molecular flexibility index (Phi) is 9.44. The molecule has 0 aromatic heterocycles. The number of hydrogen-bond acceptors (Lipinski definition) is 5. The van der Waals surface area contributed by atoms with Gasteiger partial charge in [0.1, 0.15) is 11.6 Å². The summed E-state index contributed by atoms with van der Waals surface area (Å²) in [7, 11) is 0. The first-order valence-electron chi connectivity index (χ1n) is 15.2. The highest BCUT2D eigenvalue weighted by Crippen LogP contribution is 2.64. The van der Waals surface area contributed by atoms with Crippen LogP contribution in [0.3, 0.4) is 0 Å². The lowest BCUT2D eigenvalue weighted by molar-refractivity contribution is -0.151. The van der Waals surface area contributed by atoms with Gasteiger partial charge in [0.05, 0.1) is 17.4 Å². The molecule has 3 aliphatic heterocycles. The lowest BCUT2D eigenvalue weighted by Crippen LogP contribution is -2.56. The number of rotatable bonds is 14. The molecule has 1 aromatic carbocycles. The average Bonchev–Trinajstić information content (AvgIpc) is 3.56. The molecule has 8 heteroatoms. The summed E-state index contributed by atoms with van der Waals surface area (Å²) >= 11 is 0. The van der Waals surface area contributed by atoms with Gasteiger partial charge in [-0.2, -0.15) is 0 Å². The fourth-order valence-corrected chi connectivity index (χ4v) is 7.52. The van der Waals surface area contributed by atoms with E-state index in [4.69, 9.17) is 4.74 Å². The molecule has 3 heterocycles. The number of anilines is 1. The molecule has 3 saturated heterocycles. The lowest BCUT2D eigenvalue weighted by atomic mass is 9.64. The zero-order valence-corrected chi connectivity index (χ0v) is 25.2. The van der Waals surface area contributed by atoms with Crippen LogP contribution >= 0.6 is 0 Å². The van der Waals surface area contributed by atoms with E-state index in [1.165, 1.54) is 0 Å². The molecule has 0 radical (unpaired) electrons. The molecule has 1 N–H and O–H groups in total. The second-order valence-electron chi connectivity index (χ2n) is 11.9. The Labute approximate surface area is 245 Å². The Morgan fingerprint density at radius 3 is 2.49 bits per heavy atom. The Balaban J connectivity index is 1.83. The monoisotopic (exact) mass is 565 g/mol. The molecule has 2 unspecified atom stereocenters. The summed E-state index contributed by atoms with van der Waals surface area (Å²) in [4.78, 5) is 48.6. The van der Waals surface area contributed by atoms with Crippen LogP contribution in [0.15, 0.2) is 43.5 Å². The predicted octanol–water partition coefficient (Wildman–Crippen LogP) is 4.17. The molecule has 0 saturated carbocycles. The van der Waals surface area contributed by atoms with E-state index in [1.807, 2.05) is 45.9 Å². The molecule has 3 fully saturated rings. The van der Waals surface area contributed by atoms with Crippen molar-refractivity contribution in [1.29, 1.82) is 0 Å². The first kappa shape index (κ1) is 31.0. The molecule has 3 amide bonds. The molecule has 3 aliphatic rings. The molecule has 1 aromatic rings. The standard InChI is InChI=1S/C33H47N3O5/c1-7-17-34(18-8-2)29(38)26-27-30(39)36(20-11-12-21-37)28(33(27)16-15-32(26,10-4)41-33)31(40)35(19-9-3)25-22-23(5)13-14-24(25)6/h7,9,13-14,22,26-28,37H,1,3,8,10-12,15-21H2,2,4-6H3/t26-,27-,28?,32+,33?/m0/s1. The van der Waals surface area contributed by atoms with Crippen LogP contribution in [0.1, 0.15) is 63.5 Å². The van der Waals surface area contributed by atoms with Gasteiger partial charge in [0.2, 0.25) is 11.8 Å². The summed E-state index contributed by atoms with van der Waals surface area (Å²) in [5.41, 5.74) is 0.876. The third kappa shape index (κ3) is 5.14. The molecule has 41 heavy (non-hydrogen) atoms. The predicted molar refractivity (Wildman–Crippen MR) is 160 cm³/mol. The lowest BCUT2D eigenvalue weighted by Gasteiger charge is -2.37. The first-order chi connectivity index (χ1) is 19.7. The number of benzene rings is 1. The van der Waals surface area contributed by atoms with E-state index in [1.54, 1.807) is 26.9 Å². The summed E-state index contributed by atoms with van der Waals surface area (Å²) in [6.45, 7) is 17.3. The largest absolute Gasteiger partial charge is 0.396 e. The molecule has 4 rings (SSSR count). The highest BCUT2D eigenvalue weighted by Gasteiger charge is 2.79. The number of nitrogens with zero attached hydrogens (tertiary/aromatic N) is 3. The van der Waals surface area contributed by atoms with Crippen molar-refractivity contribution >= 4 is 23.4 Å². The third-order valence-corrected chi connectivity index (χ3v) is 9.38. The van der Waals surface area contributed by atoms with Crippen LogP contribution in [0.2, 0.25) is 0 Å². The Morgan fingerprint density at radius 1 is 1.12 bits per heavy atom. The number of ether oxygens (including phenoxy) is 1. The van der Waals surface area contributed by atoms with Gasteiger partial charge < -0.3 is 24.5 Å². The van der Waals surface area contributed by atoms with Crippen molar-refractivity contribution in [3.63, 3.8) is 0 Å². The zero-order valence-electron chi connectivity index (χ0n) is 25.2. The SMILES string of the molecule is C=CCN(CCC)C(=O)[C@@H]1[C@H]2C(=O)N(CCCCO)C(C(=O)N(CC=C)c3cc(C)ccc3C)C23CC[C@@]1(CC)O3. The molecule has 1 spiro atoms.